The number of ether oxygens (including phenoxy) is 1. The van der Waals surface area contributed by atoms with Gasteiger partial charge < -0.3 is 9.84 Å². The first-order valence-electron chi connectivity index (χ1n) is 9.11. The van der Waals surface area contributed by atoms with Crippen molar-refractivity contribution in [3.8, 4) is 11.5 Å². The fourth-order valence-corrected chi connectivity index (χ4v) is 4.71. The van der Waals surface area contributed by atoms with Crippen LogP contribution in [0.4, 0.5) is 5.69 Å². The molecule has 2 aromatic carbocycles. The highest BCUT2D eigenvalue weighted by atomic mass is 32.2. The summed E-state index contributed by atoms with van der Waals surface area (Å²) in [6.07, 6.45) is 4.31. The van der Waals surface area contributed by atoms with Crippen LogP contribution in [0.1, 0.15) is 31.7 Å². The van der Waals surface area contributed by atoms with E-state index in [0.29, 0.717) is 36.7 Å². The second-order valence-electron chi connectivity index (χ2n) is 6.35. The van der Waals surface area contributed by atoms with Crippen molar-refractivity contribution in [2.24, 2.45) is 4.99 Å². The van der Waals surface area contributed by atoms with Crippen LogP contribution in [0.15, 0.2) is 52.4 Å². The summed E-state index contributed by atoms with van der Waals surface area (Å²) in [5.74, 6) is 0.456. The molecule has 0 amide bonds. The summed E-state index contributed by atoms with van der Waals surface area (Å²) >= 11 is 0. The molecule has 0 unspecified atom stereocenters. The monoisotopic (exact) mass is 388 g/mol. The lowest BCUT2D eigenvalue weighted by molar-refractivity contribution is 0.323. The second kappa shape index (κ2) is 8.54. The number of phenols is 1. The van der Waals surface area contributed by atoms with Crippen molar-refractivity contribution in [1.82, 2.24) is 4.31 Å². The Labute approximate surface area is 160 Å². The normalized spacial score (nSPS) is 15.9. The minimum absolute atomic E-state index is 0.119. The molecule has 27 heavy (non-hydrogen) atoms. The van der Waals surface area contributed by atoms with Gasteiger partial charge in [0, 0.05) is 24.9 Å². The van der Waals surface area contributed by atoms with E-state index in [1.807, 2.05) is 6.92 Å². The van der Waals surface area contributed by atoms with E-state index in [1.54, 1.807) is 36.4 Å². The van der Waals surface area contributed by atoms with E-state index in [2.05, 4.69) is 4.99 Å². The maximum Gasteiger partial charge on any atom is 0.246 e. The van der Waals surface area contributed by atoms with Crippen molar-refractivity contribution in [2.75, 3.05) is 19.7 Å². The zero-order valence-corrected chi connectivity index (χ0v) is 16.2. The molecule has 0 radical (unpaired) electrons. The standard InChI is InChI=1S/C20H24N2O4S/c1-2-26-19-11-10-17(21-15-16-8-4-5-9-18(16)23)14-20(19)27(24,25)22-12-6-3-7-13-22/h4-5,8-11,14-15,23H,2-3,6-7,12-13H2,1H3. The number of phenolic OH excluding ortho intramolecular Hbond substituents is 1. The van der Waals surface area contributed by atoms with Crippen LogP contribution >= 0.6 is 0 Å². The van der Waals surface area contributed by atoms with E-state index >= 15 is 0 Å². The van der Waals surface area contributed by atoms with Crippen molar-refractivity contribution < 1.29 is 18.3 Å². The Bertz CT molecular complexity index is 919. The maximum absolute atomic E-state index is 13.1. The fraction of sp³-hybridized carbons (Fsp3) is 0.350. The van der Waals surface area contributed by atoms with Crippen LogP contribution in [0.3, 0.4) is 0 Å². The molecule has 2 aromatic rings. The summed E-state index contributed by atoms with van der Waals surface area (Å²) in [5, 5.41) is 9.84. The zero-order valence-electron chi connectivity index (χ0n) is 15.3. The lowest BCUT2D eigenvalue weighted by atomic mass is 10.2. The molecule has 3 rings (SSSR count). The average molecular weight is 388 g/mol. The number of piperidine rings is 1. The summed E-state index contributed by atoms with van der Waals surface area (Å²) in [5.41, 5.74) is 1.05. The number of benzene rings is 2. The molecule has 6 nitrogen and oxygen atoms in total. The highest BCUT2D eigenvalue weighted by molar-refractivity contribution is 7.89. The Kier molecular flexibility index (Phi) is 6.13. The molecule has 1 heterocycles. The molecule has 1 N–H and O–H groups in total. The van der Waals surface area contributed by atoms with Crippen LogP contribution in [0.2, 0.25) is 0 Å². The van der Waals surface area contributed by atoms with E-state index in [0.717, 1.165) is 19.3 Å². The van der Waals surface area contributed by atoms with Crippen LogP contribution in [-0.4, -0.2) is 43.7 Å². The molecule has 1 aliphatic heterocycles. The van der Waals surface area contributed by atoms with Gasteiger partial charge >= 0.3 is 0 Å². The van der Waals surface area contributed by atoms with Crippen molar-refractivity contribution in [3.05, 3.63) is 48.0 Å². The Balaban J connectivity index is 1.96. The molecule has 0 aromatic heterocycles. The van der Waals surface area contributed by atoms with Crippen LogP contribution < -0.4 is 4.74 Å². The Morgan fingerprint density at radius 1 is 1.15 bits per heavy atom. The molecule has 7 heteroatoms. The van der Waals surface area contributed by atoms with Crippen LogP contribution in [0, 0.1) is 0 Å². The van der Waals surface area contributed by atoms with Gasteiger partial charge in [0.1, 0.15) is 16.4 Å². The Morgan fingerprint density at radius 3 is 2.59 bits per heavy atom. The number of hydrogen-bond donors (Lipinski definition) is 1. The van der Waals surface area contributed by atoms with Gasteiger partial charge in [-0.25, -0.2) is 8.42 Å². The lowest BCUT2D eigenvalue weighted by Gasteiger charge is -2.26. The van der Waals surface area contributed by atoms with Crippen molar-refractivity contribution >= 4 is 21.9 Å². The largest absolute Gasteiger partial charge is 0.507 e. The molecule has 144 valence electrons. The summed E-state index contributed by atoms with van der Waals surface area (Å²) in [6, 6.07) is 11.7. The van der Waals surface area contributed by atoms with Gasteiger partial charge in [-0.15, -0.1) is 0 Å². The topological polar surface area (TPSA) is 79.2 Å². The predicted octanol–water partition coefficient (Wildman–Crippen LogP) is 3.72. The third kappa shape index (κ3) is 4.48. The first-order valence-corrected chi connectivity index (χ1v) is 10.6. The van der Waals surface area contributed by atoms with Gasteiger partial charge in [-0.05, 0) is 50.1 Å². The molecule has 0 spiro atoms. The van der Waals surface area contributed by atoms with E-state index in [9.17, 15) is 13.5 Å². The van der Waals surface area contributed by atoms with Gasteiger partial charge in [-0.1, -0.05) is 18.6 Å². The van der Waals surface area contributed by atoms with E-state index < -0.39 is 10.0 Å². The highest BCUT2D eigenvalue weighted by Gasteiger charge is 2.29. The predicted molar refractivity (Wildman–Crippen MR) is 106 cm³/mol. The number of aliphatic imine (C=N–C) groups is 1. The molecular weight excluding hydrogens is 364 g/mol. The van der Waals surface area contributed by atoms with Crippen LogP contribution in [0.5, 0.6) is 11.5 Å². The minimum Gasteiger partial charge on any atom is -0.507 e. The van der Waals surface area contributed by atoms with Gasteiger partial charge in [0.25, 0.3) is 0 Å². The number of nitrogens with zero attached hydrogens (tertiary/aromatic N) is 2. The van der Waals surface area contributed by atoms with E-state index in [1.165, 1.54) is 16.6 Å². The lowest BCUT2D eigenvalue weighted by Crippen LogP contribution is -2.35. The highest BCUT2D eigenvalue weighted by Crippen LogP contribution is 2.32. The molecule has 1 saturated heterocycles. The first kappa shape index (κ1) is 19.4. The van der Waals surface area contributed by atoms with Gasteiger partial charge in [-0.2, -0.15) is 4.31 Å². The fourth-order valence-electron chi connectivity index (χ4n) is 3.04. The minimum atomic E-state index is -3.64. The van der Waals surface area contributed by atoms with Gasteiger partial charge in [0.05, 0.1) is 12.3 Å². The van der Waals surface area contributed by atoms with Crippen molar-refractivity contribution in [1.29, 1.82) is 0 Å². The molecular formula is C20H24N2O4S. The first-order chi connectivity index (χ1) is 13.0. The number of para-hydroxylation sites is 1. The number of aromatic hydroxyl groups is 1. The van der Waals surface area contributed by atoms with Crippen LogP contribution in [-0.2, 0) is 10.0 Å². The molecule has 0 atom stereocenters. The van der Waals surface area contributed by atoms with Gasteiger partial charge in [0.2, 0.25) is 10.0 Å². The number of sulfonamides is 1. The SMILES string of the molecule is CCOc1ccc(N=Cc2ccccc2O)cc1S(=O)(=O)N1CCCCC1. The summed E-state index contributed by atoms with van der Waals surface area (Å²) in [4.78, 5) is 4.47. The smallest absolute Gasteiger partial charge is 0.246 e. The molecule has 0 bridgehead atoms. The molecule has 0 saturated carbocycles. The maximum atomic E-state index is 13.1. The Morgan fingerprint density at radius 2 is 1.89 bits per heavy atom. The van der Waals surface area contributed by atoms with Gasteiger partial charge in [0.15, 0.2) is 0 Å². The summed E-state index contributed by atoms with van der Waals surface area (Å²) < 4.78 is 33.3. The number of hydrogen-bond acceptors (Lipinski definition) is 5. The average Bonchev–Trinajstić information content (AvgIpc) is 2.69. The quantitative estimate of drug-likeness (QED) is 0.765. The summed E-state index contributed by atoms with van der Waals surface area (Å²) in [7, 11) is -3.64. The third-order valence-electron chi connectivity index (χ3n) is 4.45. The third-order valence-corrected chi connectivity index (χ3v) is 6.37. The zero-order chi connectivity index (χ0) is 19.3. The molecule has 0 aliphatic carbocycles. The Hall–Kier alpha value is -2.38. The second-order valence-corrected chi connectivity index (χ2v) is 8.25. The molecule has 1 aliphatic rings. The molecule has 1 fully saturated rings. The van der Waals surface area contributed by atoms with E-state index in [-0.39, 0.29) is 10.6 Å². The van der Waals surface area contributed by atoms with E-state index in [4.69, 9.17) is 4.74 Å². The van der Waals surface area contributed by atoms with Crippen molar-refractivity contribution in [3.63, 3.8) is 0 Å². The van der Waals surface area contributed by atoms with Gasteiger partial charge in [-0.3, -0.25) is 4.99 Å². The van der Waals surface area contributed by atoms with Crippen LogP contribution in [0.25, 0.3) is 0 Å². The number of rotatable bonds is 6. The van der Waals surface area contributed by atoms with Crippen molar-refractivity contribution in [2.45, 2.75) is 31.1 Å². The summed E-state index contributed by atoms with van der Waals surface area (Å²) in [6.45, 7) is 3.25.